The minimum absolute atomic E-state index is 0.132. The lowest BCUT2D eigenvalue weighted by Gasteiger charge is -2.19. The smallest absolute Gasteiger partial charge is 0.161 e. The Morgan fingerprint density at radius 2 is 1.83 bits per heavy atom. The van der Waals surface area contributed by atoms with Crippen molar-refractivity contribution in [1.29, 1.82) is 0 Å². The number of hydrogen-bond donors (Lipinski definition) is 2. The van der Waals surface area contributed by atoms with Gasteiger partial charge in [0, 0.05) is 18.2 Å². The van der Waals surface area contributed by atoms with Crippen molar-refractivity contribution in [1.82, 2.24) is 5.32 Å². The molecule has 24 heavy (non-hydrogen) atoms. The van der Waals surface area contributed by atoms with Crippen LogP contribution >= 0.6 is 0 Å². The number of methoxy groups -OCH3 is 2. The van der Waals surface area contributed by atoms with Gasteiger partial charge in [-0.15, -0.1) is 0 Å². The summed E-state index contributed by atoms with van der Waals surface area (Å²) in [6.45, 7) is 2.38. The highest BCUT2D eigenvalue weighted by atomic mass is 19.1. The molecule has 0 heterocycles. The fourth-order valence-electron chi connectivity index (χ4n) is 2.67. The quantitative estimate of drug-likeness (QED) is 0.775. The molecule has 0 aliphatic heterocycles. The molecule has 130 valence electrons. The topological polar surface area (TPSA) is 50.7 Å². The van der Waals surface area contributed by atoms with E-state index < -0.39 is 0 Å². The molecular formula is C19H24FNO3. The lowest BCUT2D eigenvalue weighted by Crippen LogP contribution is -2.20. The molecule has 2 N–H and O–H groups in total. The summed E-state index contributed by atoms with van der Waals surface area (Å²) >= 11 is 0. The Morgan fingerprint density at radius 1 is 1.08 bits per heavy atom. The van der Waals surface area contributed by atoms with E-state index in [4.69, 9.17) is 14.6 Å². The van der Waals surface area contributed by atoms with E-state index in [1.807, 2.05) is 18.2 Å². The van der Waals surface area contributed by atoms with E-state index in [1.54, 1.807) is 26.4 Å². The van der Waals surface area contributed by atoms with Gasteiger partial charge in [0.15, 0.2) is 11.5 Å². The number of ether oxygens (including phenoxy) is 2. The Kier molecular flexibility index (Phi) is 6.58. The number of aliphatic hydroxyl groups excluding tert-OH is 1. The van der Waals surface area contributed by atoms with Gasteiger partial charge in [-0.1, -0.05) is 19.1 Å². The van der Waals surface area contributed by atoms with Crippen LogP contribution in [-0.4, -0.2) is 19.3 Å². The Hall–Kier alpha value is -2.11. The molecule has 5 heteroatoms. The van der Waals surface area contributed by atoms with Crippen LogP contribution in [0.4, 0.5) is 4.39 Å². The van der Waals surface area contributed by atoms with Crippen LogP contribution in [0.2, 0.25) is 0 Å². The SMILES string of the molecule is CCC(NCc1ccc(F)c(CO)c1)c1ccc(OC)c(OC)c1. The minimum Gasteiger partial charge on any atom is -0.493 e. The molecule has 0 radical (unpaired) electrons. The van der Waals surface area contributed by atoms with Gasteiger partial charge >= 0.3 is 0 Å². The zero-order valence-electron chi connectivity index (χ0n) is 14.3. The van der Waals surface area contributed by atoms with Gasteiger partial charge in [0.1, 0.15) is 5.82 Å². The monoisotopic (exact) mass is 333 g/mol. The molecule has 1 atom stereocenters. The van der Waals surface area contributed by atoms with E-state index in [-0.39, 0.29) is 18.5 Å². The molecule has 2 rings (SSSR count). The lowest BCUT2D eigenvalue weighted by atomic mass is 10.0. The largest absolute Gasteiger partial charge is 0.493 e. The van der Waals surface area contributed by atoms with Crippen LogP contribution in [0.25, 0.3) is 0 Å². The second-order valence-corrected chi connectivity index (χ2v) is 5.54. The van der Waals surface area contributed by atoms with E-state index in [1.165, 1.54) is 6.07 Å². The van der Waals surface area contributed by atoms with Crippen molar-refractivity contribution in [3.8, 4) is 11.5 Å². The summed E-state index contributed by atoms with van der Waals surface area (Å²) in [6, 6.07) is 10.8. The molecule has 2 aromatic carbocycles. The maximum Gasteiger partial charge on any atom is 0.161 e. The summed E-state index contributed by atoms with van der Waals surface area (Å²) in [5, 5.41) is 12.6. The molecule has 4 nitrogen and oxygen atoms in total. The lowest BCUT2D eigenvalue weighted by molar-refractivity contribution is 0.275. The number of rotatable bonds is 8. The molecule has 0 bridgehead atoms. The molecule has 0 aliphatic rings. The fraction of sp³-hybridized carbons (Fsp3) is 0.368. The third-order valence-corrected chi connectivity index (χ3v) is 4.05. The summed E-state index contributed by atoms with van der Waals surface area (Å²) in [5.41, 5.74) is 2.34. The van der Waals surface area contributed by atoms with Crippen LogP contribution < -0.4 is 14.8 Å². The minimum atomic E-state index is -0.381. The normalized spacial score (nSPS) is 12.0. The summed E-state index contributed by atoms with van der Waals surface area (Å²) in [6.07, 6.45) is 0.892. The van der Waals surface area contributed by atoms with Gasteiger partial charge in [0.2, 0.25) is 0 Å². The molecule has 0 spiro atoms. The molecule has 0 amide bonds. The Bertz CT molecular complexity index is 676. The first-order valence-corrected chi connectivity index (χ1v) is 7.96. The fourth-order valence-corrected chi connectivity index (χ4v) is 2.67. The average molecular weight is 333 g/mol. The Morgan fingerprint density at radius 3 is 2.46 bits per heavy atom. The molecule has 2 aromatic rings. The first-order valence-electron chi connectivity index (χ1n) is 7.96. The predicted octanol–water partition coefficient (Wildman–Crippen LogP) is 3.58. The van der Waals surface area contributed by atoms with Crippen molar-refractivity contribution in [3.05, 3.63) is 58.9 Å². The molecule has 0 aromatic heterocycles. The summed E-state index contributed by atoms with van der Waals surface area (Å²) in [5.74, 6) is 1.01. The van der Waals surface area contributed by atoms with Crippen molar-refractivity contribution < 1.29 is 19.0 Å². The molecule has 0 saturated heterocycles. The molecule has 0 saturated carbocycles. The van der Waals surface area contributed by atoms with Crippen LogP contribution in [0.15, 0.2) is 36.4 Å². The standard InChI is InChI=1S/C19H24FNO3/c1-4-17(14-6-8-18(23-2)19(10-14)24-3)21-11-13-5-7-16(20)15(9-13)12-22/h5-10,17,21-22H,4,11-12H2,1-3H3. The number of hydrogen-bond acceptors (Lipinski definition) is 4. The van der Waals surface area contributed by atoms with Gasteiger partial charge in [-0.3, -0.25) is 0 Å². The van der Waals surface area contributed by atoms with Gasteiger partial charge in [-0.2, -0.15) is 0 Å². The van der Waals surface area contributed by atoms with Crippen molar-refractivity contribution >= 4 is 0 Å². The second kappa shape index (κ2) is 8.66. The van der Waals surface area contributed by atoms with E-state index >= 15 is 0 Å². The zero-order chi connectivity index (χ0) is 17.5. The van der Waals surface area contributed by atoms with Crippen molar-refractivity contribution in [2.24, 2.45) is 0 Å². The summed E-state index contributed by atoms with van der Waals surface area (Å²) in [7, 11) is 3.23. The van der Waals surface area contributed by atoms with Gasteiger partial charge in [0.25, 0.3) is 0 Å². The highest BCUT2D eigenvalue weighted by Crippen LogP contribution is 2.31. The third-order valence-electron chi connectivity index (χ3n) is 4.05. The molecule has 1 unspecified atom stereocenters. The number of halogens is 1. The van der Waals surface area contributed by atoms with Crippen LogP contribution in [-0.2, 0) is 13.2 Å². The van der Waals surface area contributed by atoms with Gasteiger partial charge in [0.05, 0.1) is 20.8 Å². The molecular weight excluding hydrogens is 309 g/mol. The van der Waals surface area contributed by atoms with E-state index in [0.29, 0.717) is 23.6 Å². The van der Waals surface area contributed by atoms with Crippen LogP contribution in [0, 0.1) is 5.82 Å². The van der Waals surface area contributed by atoms with Crippen LogP contribution in [0.3, 0.4) is 0 Å². The van der Waals surface area contributed by atoms with Gasteiger partial charge in [-0.05, 0) is 41.8 Å². The second-order valence-electron chi connectivity index (χ2n) is 5.54. The summed E-state index contributed by atoms with van der Waals surface area (Å²) < 4.78 is 24.1. The highest BCUT2D eigenvalue weighted by Gasteiger charge is 2.13. The number of aliphatic hydroxyl groups is 1. The number of benzene rings is 2. The predicted molar refractivity (Wildman–Crippen MR) is 91.7 cm³/mol. The van der Waals surface area contributed by atoms with Gasteiger partial charge < -0.3 is 19.9 Å². The average Bonchev–Trinajstić information content (AvgIpc) is 2.63. The van der Waals surface area contributed by atoms with E-state index in [0.717, 1.165) is 17.5 Å². The van der Waals surface area contributed by atoms with Crippen molar-refractivity contribution in [2.75, 3.05) is 14.2 Å². The van der Waals surface area contributed by atoms with Crippen molar-refractivity contribution in [2.45, 2.75) is 32.5 Å². The number of nitrogens with one attached hydrogen (secondary N) is 1. The van der Waals surface area contributed by atoms with E-state index in [9.17, 15) is 4.39 Å². The Labute approximate surface area is 142 Å². The van der Waals surface area contributed by atoms with Crippen LogP contribution in [0.5, 0.6) is 11.5 Å². The van der Waals surface area contributed by atoms with Crippen LogP contribution in [0.1, 0.15) is 36.1 Å². The first kappa shape index (κ1) is 18.2. The Balaban J connectivity index is 2.12. The summed E-state index contributed by atoms with van der Waals surface area (Å²) in [4.78, 5) is 0. The van der Waals surface area contributed by atoms with Crippen molar-refractivity contribution in [3.63, 3.8) is 0 Å². The maximum atomic E-state index is 13.4. The zero-order valence-corrected chi connectivity index (χ0v) is 14.3. The van der Waals surface area contributed by atoms with Gasteiger partial charge in [-0.25, -0.2) is 4.39 Å². The molecule has 0 fully saturated rings. The maximum absolute atomic E-state index is 13.4. The van der Waals surface area contributed by atoms with E-state index in [2.05, 4.69) is 12.2 Å². The molecule has 0 aliphatic carbocycles. The third kappa shape index (κ3) is 4.24. The first-order chi connectivity index (χ1) is 11.6. The highest BCUT2D eigenvalue weighted by molar-refractivity contribution is 5.43.